The molecule has 1 aliphatic rings. The van der Waals surface area contributed by atoms with Gasteiger partial charge in [-0.05, 0) is 32.0 Å². The maximum absolute atomic E-state index is 5.79. The average Bonchev–Trinajstić information content (AvgIpc) is 2.54. The molecule has 136 valence electrons. The van der Waals surface area contributed by atoms with Crippen LogP contribution in [0.25, 0.3) is 0 Å². The minimum absolute atomic E-state index is 0. The smallest absolute Gasteiger partial charge is 0.191 e. The summed E-state index contributed by atoms with van der Waals surface area (Å²) in [6, 6.07) is 3.81. The fourth-order valence-electron chi connectivity index (χ4n) is 2.39. The first-order chi connectivity index (χ1) is 11.2. The Morgan fingerprint density at radius 1 is 1.46 bits per heavy atom. The molecule has 0 amide bonds. The van der Waals surface area contributed by atoms with Gasteiger partial charge in [0.1, 0.15) is 5.15 Å². The molecule has 6 nitrogen and oxygen atoms in total. The molecule has 2 heterocycles. The molecule has 1 aliphatic heterocycles. The topological polar surface area (TPSA) is 61.8 Å². The highest BCUT2D eigenvalue weighted by Gasteiger charge is 2.17. The molecular formula is C16H27ClIN5O. The lowest BCUT2D eigenvalue weighted by atomic mass is 10.2. The predicted octanol–water partition coefficient (Wildman–Crippen LogP) is 1.78. The molecule has 1 unspecified atom stereocenters. The molecule has 2 rings (SSSR count). The molecule has 1 fully saturated rings. The number of likely N-dealkylation sites (N-methyl/N-ethyl adjacent to an activating group) is 1. The van der Waals surface area contributed by atoms with Crippen LogP contribution in [0, 0.1) is 0 Å². The highest BCUT2D eigenvalue weighted by molar-refractivity contribution is 14.0. The molecule has 0 aliphatic carbocycles. The van der Waals surface area contributed by atoms with Crippen molar-refractivity contribution in [1.82, 2.24) is 20.5 Å². The fourth-order valence-corrected chi connectivity index (χ4v) is 2.50. The van der Waals surface area contributed by atoms with Crippen molar-refractivity contribution in [3.05, 3.63) is 29.0 Å². The lowest BCUT2D eigenvalue weighted by Gasteiger charge is -2.29. The molecule has 24 heavy (non-hydrogen) atoms. The zero-order chi connectivity index (χ0) is 16.5. The SMILES string of the molecule is CCNC(=NCC1CN(C)CCO1)NCCc1ccc(Cl)nc1.I. The summed E-state index contributed by atoms with van der Waals surface area (Å²) in [6.45, 7) is 7.06. The standard InChI is InChI=1S/C16H26ClN5O.HI/c1-3-18-16(21-11-14-12-22(2)8-9-23-14)19-7-6-13-4-5-15(17)20-10-13;/h4-5,10,14H,3,6-9,11-12H2,1-2H3,(H2,18,19,21);1H. The van der Waals surface area contributed by atoms with Crippen LogP contribution >= 0.6 is 35.6 Å². The van der Waals surface area contributed by atoms with E-state index in [0.717, 1.165) is 50.7 Å². The Bertz CT molecular complexity index is 500. The Morgan fingerprint density at radius 2 is 2.29 bits per heavy atom. The first-order valence-corrected chi connectivity index (χ1v) is 8.48. The van der Waals surface area contributed by atoms with Gasteiger partial charge in [0.15, 0.2) is 5.96 Å². The van der Waals surface area contributed by atoms with Gasteiger partial charge < -0.3 is 20.3 Å². The van der Waals surface area contributed by atoms with E-state index in [1.54, 1.807) is 6.20 Å². The summed E-state index contributed by atoms with van der Waals surface area (Å²) in [4.78, 5) is 11.0. The van der Waals surface area contributed by atoms with Crippen molar-refractivity contribution < 1.29 is 4.74 Å². The quantitative estimate of drug-likeness (QED) is 0.289. The number of aliphatic imine (C=N–C) groups is 1. The number of nitrogens with one attached hydrogen (secondary N) is 2. The Morgan fingerprint density at radius 3 is 2.96 bits per heavy atom. The summed E-state index contributed by atoms with van der Waals surface area (Å²) in [6.07, 6.45) is 2.85. The van der Waals surface area contributed by atoms with Gasteiger partial charge in [0.25, 0.3) is 0 Å². The number of rotatable bonds is 6. The number of ether oxygens (including phenoxy) is 1. The number of halogens is 2. The summed E-state index contributed by atoms with van der Waals surface area (Å²) < 4.78 is 5.74. The number of hydrogen-bond donors (Lipinski definition) is 2. The minimum Gasteiger partial charge on any atom is -0.374 e. The lowest BCUT2D eigenvalue weighted by molar-refractivity contribution is -0.0136. The van der Waals surface area contributed by atoms with Crippen LogP contribution in [0.2, 0.25) is 5.15 Å². The van der Waals surface area contributed by atoms with E-state index in [1.807, 2.05) is 12.1 Å². The Balaban J connectivity index is 0.00000288. The third-order valence-corrected chi connectivity index (χ3v) is 3.86. The normalized spacial score (nSPS) is 18.8. The molecule has 0 spiro atoms. The largest absolute Gasteiger partial charge is 0.374 e. The van der Waals surface area contributed by atoms with Crippen LogP contribution in [0.1, 0.15) is 12.5 Å². The molecule has 0 bridgehead atoms. The van der Waals surface area contributed by atoms with Gasteiger partial charge >= 0.3 is 0 Å². The van der Waals surface area contributed by atoms with Gasteiger partial charge in [0.05, 0.1) is 19.3 Å². The zero-order valence-electron chi connectivity index (χ0n) is 14.3. The van der Waals surface area contributed by atoms with Crippen molar-refractivity contribution in [3.63, 3.8) is 0 Å². The molecule has 0 saturated carbocycles. The molecule has 0 radical (unpaired) electrons. The second kappa shape index (κ2) is 11.8. The number of morpholine rings is 1. The van der Waals surface area contributed by atoms with E-state index in [2.05, 4.69) is 39.5 Å². The predicted molar refractivity (Wildman–Crippen MR) is 110 cm³/mol. The van der Waals surface area contributed by atoms with Crippen LogP contribution in [0.3, 0.4) is 0 Å². The van der Waals surface area contributed by atoms with Gasteiger partial charge in [-0.3, -0.25) is 4.99 Å². The van der Waals surface area contributed by atoms with E-state index >= 15 is 0 Å². The minimum atomic E-state index is 0. The third-order valence-electron chi connectivity index (χ3n) is 3.63. The van der Waals surface area contributed by atoms with E-state index in [9.17, 15) is 0 Å². The lowest BCUT2D eigenvalue weighted by Crippen LogP contribution is -2.43. The summed E-state index contributed by atoms with van der Waals surface area (Å²) in [7, 11) is 2.11. The molecule has 1 atom stereocenters. The number of pyridine rings is 1. The number of hydrogen-bond acceptors (Lipinski definition) is 4. The van der Waals surface area contributed by atoms with Gasteiger partial charge in [0.2, 0.25) is 0 Å². The Hall–Kier alpha value is -0.640. The first-order valence-electron chi connectivity index (χ1n) is 8.10. The number of guanidine groups is 1. The van der Waals surface area contributed by atoms with E-state index in [4.69, 9.17) is 16.3 Å². The van der Waals surface area contributed by atoms with Crippen molar-refractivity contribution in [3.8, 4) is 0 Å². The van der Waals surface area contributed by atoms with Crippen LogP contribution in [0.4, 0.5) is 0 Å². The van der Waals surface area contributed by atoms with Crippen molar-refractivity contribution in [2.45, 2.75) is 19.4 Å². The molecule has 1 aromatic rings. The first kappa shape index (κ1) is 21.4. The molecule has 1 aromatic heterocycles. The summed E-state index contributed by atoms with van der Waals surface area (Å²) in [5.41, 5.74) is 1.15. The van der Waals surface area contributed by atoms with Crippen molar-refractivity contribution in [2.75, 3.05) is 46.4 Å². The maximum Gasteiger partial charge on any atom is 0.191 e. The molecular weight excluding hydrogens is 441 g/mol. The second-order valence-corrected chi connectivity index (χ2v) is 6.03. The summed E-state index contributed by atoms with van der Waals surface area (Å²) in [5.74, 6) is 0.825. The van der Waals surface area contributed by atoms with E-state index in [1.165, 1.54) is 0 Å². The van der Waals surface area contributed by atoms with Crippen molar-refractivity contribution in [2.24, 2.45) is 4.99 Å². The van der Waals surface area contributed by atoms with Crippen molar-refractivity contribution in [1.29, 1.82) is 0 Å². The van der Waals surface area contributed by atoms with E-state index in [0.29, 0.717) is 11.7 Å². The van der Waals surface area contributed by atoms with Crippen LogP contribution < -0.4 is 10.6 Å². The zero-order valence-corrected chi connectivity index (χ0v) is 17.4. The van der Waals surface area contributed by atoms with Gasteiger partial charge in [-0.15, -0.1) is 24.0 Å². The van der Waals surface area contributed by atoms with Gasteiger partial charge in [-0.2, -0.15) is 0 Å². The van der Waals surface area contributed by atoms with Gasteiger partial charge in [-0.1, -0.05) is 17.7 Å². The van der Waals surface area contributed by atoms with Crippen molar-refractivity contribution >= 4 is 41.5 Å². The monoisotopic (exact) mass is 467 g/mol. The second-order valence-electron chi connectivity index (χ2n) is 5.64. The molecule has 1 saturated heterocycles. The number of nitrogens with zero attached hydrogens (tertiary/aromatic N) is 3. The van der Waals surface area contributed by atoms with Crippen LogP contribution in [0.15, 0.2) is 23.3 Å². The average molecular weight is 468 g/mol. The summed E-state index contributed by atoms with van der Waals surface area (Å²) in [5, 5.41) is 7.13. The Kier molecular flexibility index (Phi) is 10.6. The van der Waals surface area contributed by atoms with E-state index < -0.39 is 0 Å². The molecule has 8 heteroatoms. The van der Waals surface area contributed by atoms with Crippen LogP contribution in [-0.2, 0) is 11.2 Å². The van der Waals surface area contributed by atoms with Crippen LogP contribution in [-0.4, -0.2) is 68.3 Å². The van der Waals surface area contributed by atoms with Gasteiger partial charge in [0, 0.05) is 32.4 Å². The van der Waals surface area contributed by atoms with Crippen LogP contribution in [0.5, 0.6) is 0 Å². The summed E-state index contributed by atoms with van der Waals surface area (Å²) >= 11 is 5.79. The highest BCUT2D eigenvalue weighted by Crippen LogP contribution is 2.05. The number of aromatic nitrogens is 1. The molecule has 2 N–H and O–H groups in total. The van der Waals surface area contributed by atoms with E-state index in [-0.39, 0.29) is 30.1 Å². The highest BCUT2D eigenvalue weighted by atomic mass is 127. The Labute approximate surface area is 166 Å². The fraction of sp³-hybridized carbons (Fsp3) is 0.625. The maximum atomic E-state index is 5.79. The van der Waals surface area contributed by atoms with Gasteiger partial charge in [-0.25, -0.2) is 4.98 Å². The third kappa shape index (κ3) is 7.96. The molecule has 0 aromatic carbocycles.